The molecule has 2 bridgehead atoms. The van der Waals surface area contributed by atoms with Gasteiger partial charge < -0.3 is 24.2 Å². The first-order chi connectivity index (χ1) is 12.5. The van der Waals surface area contributed by atoms with Gasteiger partial charge in [-0.2, -0.15) is 0 Å². The monoisotopic (exact) mass is 359 g/mol. The van der Waals surface area contributed by atoms with Gasteiger partial charge in [0.2, 0.25) is 12.7 Å². The lowest BCUT2D eigenvalue weighted by atomic mass is 9.94. The number of hydrogen-bond donors (Lipinski definition) is 0. The van der Waals surface area contributed by atoms with E-state index in [1.807, 2.05) is 28.0 Å². The molecule has 7 nitrogen and oxygen atoms in total. The van der Waals surface area contributed by atoms with E-state index in [9.17, 15) is 9.59 Å². The van der Waals surface area contributed by atoms with Gasteiger partial charge in [0, 0.05) is 39.8 Å². The van der Waals surface area contributed by atoms with Gasteiger partial charge in [0.15, 0.2) is 11.5 Å². The molecule has 3 fully saturated rings. The third-order valence-corrected chi connectivity index (χ3v) is 5.48. The largest absolute Gasteiger partial charge is 0.454 e. The minimum Gasteiger partial charge on any atom is -0.454 e. The van der Waals surface area contributed by atoms with E-state index in [-0.39, 0.29) is 24.8 Å². The summed E-state index contributed by atoms with van der Waals surface area (Å²) in [6.07, 6.45) is 2.39. The summed E-state index contributed by atoms with van der Waals surface area (Å²) < 4.78 is 10.7. The number of carbonyl (C=O) groups is 2. The molecule has 3 amide bonds. The highest BCUT2D eigenvalue weighted by atomic mass is 16.7. The summed E-state index contributed by atoms with van der Waals surface area (Å²) in [5.74, 6) is 1.92. The van der Waals surface area contributed by atoms with Crippen molar-refractivity contribution in [1.82, 2.24) is 14.7 Å². The summed E-state index contributed by atoms with van der Waals surface area (Å²) in [6, 6.07) is 5.81. The van der Waals surface area contributed by atoms with Crippen molar-refractivity contribution >= 4 is 11.9 Å². The molecule has 26 heavy (non-hydrogen) atoms. The summed E-state index contributed by atoms with van der Waals surface area (Å²) in [5.41, 5.74) is 0.931. The fourth-order valence-corrected chi connectivity index (χ4v) is 4.15. The highest BCUT2D eigenvalue weighted by Crippen LogP contribution is 2.33. The topological polar surface area (TPSA) is 62.3 Å². The molecule has 3 saturated heterocycles. The van der Waals surface area contributed by atoms with Crippen LogP contribution in [0.4, 0.5) is 4.79 Å². The molecule has 0 radical (unpaired) electrons. The Morgan fingerprint density at radius 1 is 1.12 bits per heavy atom. The Hall–Kier alpha value is -2.44. The van der Waals surface area contributed by atoms with Gasteiger partial charge in [-0.15, -0.1) is 0 Å². The van der Waals surface area contributed by atoms with Gasteiger partial charge in [0.25, 0.3) is 0 Å². The predicted molar refractivity (Wildman–Crippen MR) is 95.2 cm³/mol. The summed E-state index contributed by atoms with van der Waals surface area (Å²) in [5, 5.41) is 0. The highest BCUT2D eigenvalue weighted by Gasteiger charge is 2.38. The Bertz CT molecular complexity index is 721. The Morgan fingerprint density at radius 3 is 2.73 bits per heavy atom. The number of urea groups is 1. The van der Waals surface area contributed by atoms with Gasteiger partial charge in [-0.3, -0.25) is 4.79 Å². The van der Waals surface area contributed by atoms with E-state index >= 15 is 0 Å². The molecule has 4 aliphatic rings. The zero-order valence-electron chi connectivity index (χ0n) is 15.3. The van der Waals surface area contributed by atoms with E-state index in [1.54, 1.807) is 19.0 Å². The smallest absolute Gasteiger partial charge is 0.319 e. The molecule has 0 aliphatic carbocycles. The van der Waals surface area contributed by atoms with Crippen LogP contribution in [0.15, 0.2) is 18.2 Å². The number of benzene rings is 1. The second-order valence-electron chi connectivity index (χ2n) is 7.59. The minimum absolute atomic E-state index is 0.0342. The number of carbonyl (C=O) groups excluding carboxylic acids is 2. The van der Waals surface area contributed by atoms with Crippen LogP contribution in [0.2, 0.25) is 0 Å². The first kappa shape index (κ1) is 17.0. The van der Waals surface area contributed by atoms with Crippen molar-refractivity contribution in [2.75, 3.05) is 40.5 Å². The van der Waals surface area contributed by atoms with Crippen molar-refractivity contribution in [2.24, 2.45) is 5.92 Å². The fraction of sp³-hybridized carbons (Fsp3) is 0.579. The first-order valence-electron chi connectivity index (χ1n) is 9.15. The Kier molecular flexibility index (Phi) is 4.38. The summed E-state index contributed by atoms with van der Waals surface area (Å²) in [4.78, 5) is 30.8. The summed E-state index contributed by atoms with van der Waals surface area (Å²) in [7, 11) is 3.55. The zero-order chi connectivity index (χ0) is 18.3. The Labute approximate surface area is 153 Å². The Morgan fingerprint density at radius 2 is 1.92 bits per heavy atom. The van der Waals surface area contributed by atoms with Gasteiger partial charge in [-0.25, -0.2) is 4.79 Å². The van der Waals surface area contributed by atoms with Crippen LogP contribution in [0.3, 0.4) is 0 Å². The van der Waals surface area contributed by atoms with Crippen LogP contribution < -0.4 is 9.47 Å². The summed E-state index contributed by atoms with van der Waals surface area (Å²) in [6.45, 7) is 2.34. The second-order valence-corrected chi connectivity index (χ2v) is 7.59. The predicted octanol–water partition coefficient (Wildman–Crippen LogP) is 1.56. The van der Waals surface area contributed by atoms with Gasteiger partial charge >= 0.3 is 6.03 Å². The number of fused-ring (bicyclic) bond motifs is 5. The standard InChI is InChI=1S/C19H25N3O4/c1-20(2)19(24)21-9-14-3-5-15(11-21)22(10-14)18(23)8-13-4-6-16-17(7-13)26-12-25-16/h4,6-7,14-15H,3,5,8-12H2,1-2H3/t14-,15+/m0/s1. The maximum atomic E-state index is 13.0. The molecular formula is C19H25N3O4. The maximum Gasteiger partial charge on any atom is 0.319 e. The molecule has 0 N–H and O–H groups in total. The first-order valence-corrected chi connectivity index (χ1v) is 9.15. The van der Waals surface area contributed by atoms with Crippen molar-refractivity contribution in [2.45, 2.75) is 25.3 Å². The van der Waals surface area contributed by atoms with Gasteiger partial charge in [-0.05, 0) is 36.5 Å². The van der Waals surface area contributed by atoms with Crippen molar-refractivity contribution in [3.05, 3.63) is 23.8 Å². The SMILES string of the molecule is CN(C)C(=O)N1C[C@@H]2CC[C@H](C1)N(C(=O)Cc1ccc3c(c1)OCO3)C2. The maximum absolute atomic E-state index is 13.0. The van der Waals surface area contributed by atoms with E-state index in [0.29, 0.717) is 24.6 Å². The normalized spacial score (nSPS) is 23.8. The molecule has 140 valence electrons. The van der Waals surface area contributed by atoms with Crippen LogP contribution in [0, 0.1) is 5.92 Å². The van der Waals surface area contributed by atoms with E-state index < -0.39 is 0 Å². The third kappa shape index (κ3) is 3.18. The molecule has 4 aliphatic heterocycles. The molecule has 0 unspecified atom stereocenters. The fourth-order valence-electron chi connectivity index (χ4n) is 4.15. The average molecular weight is 359 g/mol. The molecular weight excluding hydrogens is 334 g/mol. The van der Waals surface area contributed by atoms with E-state index in [1.165, 1.54) is 0 Å². The van der Waals surface area contributed by atoms with E-state index in [0.717, 1.165) is 37.2 Å². The van der Waals surface area contributed by atoms with Crippen molar-refractivity contribution in [3.63, 3.8) is 0 Å². The number of ether oxygens (including phenoxy) is 2. The quantitative estimate of drug-likeness (QED) is 0.804. The molecule has 0 aromatic heterocycles. The molecule has 7 heteroatoms. The average Bonchev–Trinajstić information content (AvgIpc) is 2.89. The van der Waals surface area contributed by atoms with Gasteiger partial charge in [0.1, 0.15) is 0 Å². The molecule has 0 spiro atoms. The van der Waals surface area contributed by atoms with Crippen LogP contribution >= 0.6 is 0 Å². The molecule has 1 aromatic rings. The van der Waals surface area contributed by atoms with Crippen molar-refractivity contribution in [3.8, 4) is 11.5 Å². The lowest BCUT2D eigenvalue weighted by Crippen LogP contribution is -2.49. The number of amides is 3. The molecule has 0 saturated carbocycles. The lowest BCUT2D eigenvalue weighted by molar-refractivity contribution is -0.134. The molecule has 1 aromatic carbocycles. The number of rotatable bonds is 2. The van der Waals surface area contributed by atoms with E-state index in [4.69, 9.17) is 9.47 Å². The number of piperidine rings is 1. The summed E-state index contributed by atoms with van der Waals surface area (Å²) >= 11 is 0. The van der Waals surface area contributed by atoms with E-state index in [2.05, 4.69) is 0 Å². The third-order valence-electron chi connectivity index (χ3n) is 5.48. The highest BCUT2D eigenvalue weighted by molar-refractivity contribution is 5.80. The van der Waals surface area contributed by atoms with Crippen LogP contribution in [0.1, 0.15) is 18.4 Å². The minimum atomic E-state index is 0.0342. The van der Waals surface area contributed by atoms with Crippen LogP contribution in [-0.2, 0) is 11.2 Å². The van der Waals surface area contributed by atoms with Gasteiger partial charge in [0.05, 0.1) is 6.42 Å². The Balaban J connectivity index is 1.46. The van der Waals surface area contributed by atoms with Crippen LogP contribution in [0.25, 0.3) is 0 Å². The van der Waals surface area contributed by atoms with Crippen LogP contribution in [0.5, 0.6) is 11.5 Å². The zero-order valence-corrected chi connectivity index (χ0v) is 15.3. The van der Waals surface area contributed by atoms with Gasteiger partial charge in [-0.1, -0.05) is 6.07 Å². The molecule has 5 rings (SSSR count). The number of hydrogen-bond acceptors (Lipinski definition) is 4. The lowest BCUT2D eigenvalue weighted by Gasteiger charge is -2.36. The number of nitrogens with zero attached hydrogens (tertiary/aromatic N) is 3. The van der Waals surface area contributed by atoms with Crippen molar-refractivity contribution in [1.29, 1.82) is 0 Å². The van der Waals surface area contributed by atoms with Crippen LogP contribution in [-0.4, -0.2) is 73.2 Å². The molecule has 4 heterocycles. The second kappa shape index (κ2) is 6.70. The molecule has 2 atom stereocenters. The van der Waals surface area contributed by atoms with Crippen molar-refractivity contribution < 1.29 is 19.1 Å².